The van der Waals surface area contributed by atoms with E-state index in [0.29, 0.717) is 16.1 Å². The fourth-order valence-electron chi connectivity index (χ4n) is 2.90. The summed E-state index contributed by atoms with van der Waals surface area (Å²) in [6, 6.07) is 13.3. The van der Waals surface area contributed by atoms with Gasteiger partial charge in [-0.05, 0) is 24.3 Å². The van der Waals surface area contributed by atoms with Crippen LogP contribution in [0.4, 0.5) is 5.69 Å². The van der Waals surface area contributed by atoms with E-state index in [1.165, 1.54) is 24.8 Å². The Bertz CT molecular complexity index is 1320. The zero-order valence-corrected chi connectivity index (χ0v) is 16.1. The summed E-state index contributed by atoms with van der Waals surface area (Å²) < 4.78 is 0.965. The van der Waals surface area contributed by atoms with Crippen LogP contribution in [0.3, 0.4) is 0 Å². The number of aromatic nitrogens is 3. The van der Waals surface area contributed by atoms with Crippen molar-refractivity contribution >= 4 is 39.9 Å². The zero-order chi connectivity index (χ0) is 21.1. The van der Waals surface area contributed by atoms with Gasteiger partial charge in [0.1, 0.15) is 5.69 Å². The molecule has 0 saturated carbocycles. The lowest BCUT2D eigenvalue weighted by atomic mass is 10.1. The Labute approximate surface area is 175 Å². The molecule has 0 aliphatic carbocycles. The van der Waals surface area contributed by atoms with E-state index in [1.807, 2.05) is 0 Å². The van der Waals surface area contributed by atoms with Crippen molar-refractivity contribution in [3.05, 3.63) is 100.0 Å². The van der Waals surface area contributed by atoms with Gasteiger partial charge in [0.15, 0.2) is 0 Å². The first kappa shape index (κ1) is 19.3. The van der Waals surface area contributed by atoms with Crippen molar-refractivity contribution in [3.63, 3.8) is 0 Å². The van der Waals surface area contributed by atoms with E-state index in [9.17, 15) is 14.4 Å². The molecule has 0 unspecified atom stereocenters. The molecule has 2 heterocycles. The molecule has 0 bridgehead atoms. The average Bonchev–Trinajstić information content (AvgIpc) is 2.76. The number of nitrogens with one attached hydrogen (secondary N) is 2. The minimum atomic E-state index is -0.637. The Morgan fingerprint density at radius 3 is 2.50 bits per heavy atom. The van der Waals surface area contributed by atoms with Crippen molar-refractivity contribution in [3.8, 4) is 0 Å². The molecule has 9 heteroatoms. The topological polar surface area (TPSA) is 106 Å². The molecule has 4 aromatic rings. The predicted octanol–water partition coefficient (Wildman–Crippen LogP) is 3.08. The predicted molar refractivity (Wildman–Crippen MR) is 113 cm³/mol. The molecule has 2 aromatic heterocycles. The fourth-order valence-corrected chi connectivity index (χ4v) is 3.09. The summed E-state index contributed by atoms with van der Waals surface area (Å²) in [6.45, 7) is 0. The molecule has 2 aromatic carbocycles. The van der Waals surface area contributed by atoms with Crippen LogP contribution in [0.2, 0.25) is 5.02 Å². The lowest BCUT2D eigenvalue weighted by Crippen LogP contribution is -2.34. The van der Waals surface area contributed by atoms with Gasteiger partial charge in [-0.3, -0.25) is 24.8 Å². The maximum Gasteiger partial charge on any atom is 0.290 e. The first-order valence-corrected chi connectivity index (χ1v) is 9.19. The SMILES string of the molecule is O=C(Nn1cc(C(=O)Nc2cccc(Cl)c2)c2ccccc2c1=O)c1cnccn1. The number of nitrogens with zero attached hydrogens (tertiary/aromatic N) is 3. The minimum Gasteiger partial charge on any atom is -0.322 e. The third-order valence-electron chi connectivity index (χ3n) is 4.27. The number of benzene rings is 2. The number of pyridine rings is 1. The molecular formula is C21H14ClN5O3. The minimum absolute atomic E-state index is 0.0301. The number of halogens is 1. The molecule has 0 radical (unpaired) electrons. The van der Waals surface area contributed by atoms with Crippen molar-refractivity contribution in [2.24, 2.45) is 0 Å². The van der Waals surface area contributed by atoms with Crippen LogP contribution in [0.15, 0.2) is 78.1 Å². The van der Waals surface area contributed by atoms with Crippen LogP contribution in [0.1, 0.15) is 20.8 Å². The fraction of sp³-hybridized carbons (Fsp3) is 0. The molecule has 0 spiro atoms. The monoisotopic (exact) mass is 419 g/mol. The van der Waals surface area contributed by atoms with Crippen LogP contribution >= 0.6 is 11.6 Å². The van der Waals surface area contributed by atoms with Crippen molar-refractivity contribution in [2.45, 2.75) is 0 Å². The van der Waals surface area contributed by atoms with Gasteiger partial charge >= 0.3 is 0 Å². The second kappa shape index (κ2) is 8.14. The van der Waals surface area contributed by atoms with Crippen LogP contribution < -0.4 is 16.3 Å². The lowest BCUT2D eigenvalue weighted by molar-refractivity contribution is 0.0995. The second-order valence-electron chi connectivity index (χ2n) is 6.26. The highest BCUT2D eigenvalue weighted by Crippen LogP contribution is 2.19. The summed E-state index contributed by atoms with van der Waals surface area (Å²) in [7, 11) is 0. The summed E-state index contributed by atoms with van der Waals surface area (Å²) in [6.07, 6.45) is 5.34. The highest BCUT2D eigenvalue weighted by Gasteiger charge is 2.17. The van der Waals surface area contributed by atoms with Crippen LogP contribution in [0, 0.1) is 0 Å². The zero-order valence-electron chi connectivity index (χ0n) is 15.4. The van der Waals surface area contributed by atoms with Gasteiger partial charge in [0.2, 0.25) is 0 Å². The smallest absolute Gasteiger partial charge is 0.290 e. The first-order chi connectivity index (χ1) is 14.5. The standard InChI is InChI=1S/C21H14ClN5O3/c22-13-4-3-5-14(10-13)25-19(28)17-12-27(21(30)16-7-2-1-6-15(16)17)26-20(29)18-11-23-8-9-24-18/h1-12H,(H,25,28)(H,26,29). The third-order valence-corrected chi connectivity index (χ3v) is 4.50. The first-order valence-electron chi connectivity index (χ1n) is 8.81. The number of rotatable bonds is 4. The Morgan fingerprint density at radius 2 is 1.77 bits per heavy atom. The van der Waals surface area contributed by atoms with Crippen LogP contribution in [0.5, 0.6) is 0 Å². The van der Waals surface area contributed by atoms with Gasteiger partial charge < -0.3 is 5.32 Å². The maximum atomic E-state index is 13.0. The third kappa shape index (κ3) is 3.89. The Hall–Kier alpha value is -4.04. The quantitative estimate of drug-likeness (QED) is 0.528. The van der Waals surface area contributed by atoms with Gasteiger partial charge in [-0.25, -0.2) is 9.66 Å². The van der Waals surface area contributed by atoms with Gasteiger partial charge in [0.05, 0.1) is 11.8 Å². The highest BCUT2D eigenvalue weighted by molar-refractivity contribution is 6.31. The Morgan fingerprint density at radius 1 is 0.967 bits per heavy atom. The van der Waals surface area contributed by atoms with E-state index in [4.69, 9.17) is 11.6 Å². The normalized spacial score (nSPS) is 10.6. The van der Waals surface area contributed by atoms with Gasteiger partial charge in [-0.2, -0.15) is 0 Å². The number of hydrogen-bond acceptors (Lipinski definition) is 5. The maximum absolute atomic E-state index is 13.0. The molecule has 8 nitrogen and oxygen atoms in total. The number of carbonyl (C=O) groups is 2. The van der Waals surface area contributed by atoms with Crippen molar-refractivity contribution < 1.29 is 9.59 Å². The number of anilines is 1. The van der Waals surface area contributed by atoms with Crippen LogP contribution in [0.25, 0.3) is 10.8 Å². The van der Waals surface area contributed by atoms with Gasteiger partial charge in [-0.15, -0.1) is 0 Å². The summed E-state index contributed by atoms with van der Waals surface area (Å²) in [5, 5.41) is 3.94. The van der Waals surface area contributed by atoms with Crippen molar-refractivity contribution in [1.82, 2.24) is 14.6 Å². The molecule has 148 valence electrons. The summed E-state index contributed by atoms with van der Waals surface area (Å²) >= 11 is 5.98. The second-order valence-corrected chi connectivity index (χ2v) is 6.70. The van der Waals surface area contributed by atoms with E-state index >= 15 is 0 Å². The molecule has 0 fully saturated rings. The molecule has 30 heavy (non-hydrogen) atoms. The van der Waals surface area contributed by atoms with Gasteiger partial charge in [-0.1, -0.05) is 35.9 Å². The molecule has 0 saturated heterocycles. The lowest BCUT2D eigenvalue weighted by Gasteiger charge is -2.13. The van der Waals surface area contributed by atoms with E-state index in [-0.39, 0.29) is 16.6 Å². The molecule has 2 N–H and O–H groups in total. The molecule has 2 amide bonds. The highest BCUT2D eigenvalue weighted by atomic mass is 35.5. The van der Waals surface area contributed by atoms with E-state index in [1.54, 1.807) is 48.5 Å². The largest absolute Gasteiger partial charge is 0.322 e. The number of fused-ring (bicyclic) bond motifs is 1. The molecule has 4 rings (SSSR count). The summed E-state index contributed by atoms with van der Waals surface area (Å²) in [5.41, 5.74) is 2.69. The van der Waals surface area contributed by atoms with Crippen LogP contribution in [-0.4, -0.2) is 26.5 Å². The molecule has 0 aliphatic rings. The number of amides is 2. The van der Waals surface area contributed by atoms with E-state index < -0.39 is 17.4 Å². The van der Waals surface area contributed by atoms with Crippen molar-refractivity contribution in [2.75, 3.05) is 10.7 Å². The average molecular weight is 420 g/mol. The summed E-state index contributed by atoms with van der Waals surface area (Å²) in [4.78, 5) is 46.0. The van der Waals surface area contributed by atoms with E-state index in [0.717, 1.165) is 4.68 Å². The summed E-state index contributed by atoms with van der Waals surface area (Å²) in [5.74, 6) is -1.10. The van der Waals surface area contributed by atoms with Gasteiger partial charge in [0.25, 0.3) is 17.4 Å². The van der Waals surface area contributed by atoms with Gasteiger partial charge in [0, 0.05) is 40.1 Å². The van der Waals surface area contributed by atoms with Crippen LogP contribution in [-0.2, 0) is 0 Å². The van der Waals surface area contributed by atoms with Crippen molar-refractivity contribution in [1.29, 1.82) is 0 Å². The number of carbonyl (C=O) groups excluding carboxylic acids is 2. The number of hydrogen-bond donors (Lipinski definition) is 2. The van der Waals surface area contributed by atoms with E-state index in [2.05, 4.69) is 20.7 Å². The molecule has 0 atom stereocenters. The molecule has 0 aliphatic heterocycles. The Kier molecular flexibility index (Phi) is 5.23. The molecular weight excluding hydrogens is 406 g/mol. The Balaban J connectivity index is 1.75.